The van der Waals surface area contributed by atoms with E-state index in [0.717, 1.165) is 18.6 Å². The maximum atomic E-state index is 11.4. The molecule has 0 aliphatic heterocycles. The molecule has 0 aromatic carbocycles. The fraction of sp³-hybridized carbons (Fsp3) is 0.917. The molecule has 3 nitrogen and oxygen atoms in total. The SMILES string of the molecule is CCCCCCCOC(=O)[C@@H](N)CCSC. The number of unbranched alkanes of at least 4 members (excludes halogenated alkanes) is 4. The normalized spacial score (nSPS) is 12.4. The molecule has 0 aliphatic carbocycles. The van der Waals surface area contributed by atoms with Crippen LogP contribution in [0.2, 0.25) is 0 Å². The fourth-order valence-electron chi connectivity index (χ4n) is 1.35. The van der Waals surface area contributed by atoms with Crippen LogP contribution in [0.1, 0.15) is 45.4 Å². The van der Waals surface area contributed by atoms with E-state index >= 15 is 0 Å². The number of thioether (sulfide) groups is 1. The van der Waals surface area contributed by atoms with Gasteiger partial charge < -0.3 is 10.5 Å². The summed E-state index contributed by atoms with van der Waals surface area (Å²) in [5.74, 6) is 0.664. The summed E-state index contributed by atoms with van der Waals surface area (Å²) in [6.07, 6.45) is 8.54. The molecule has 0 fully saturated rings. The highest BCUT2D eigenvalue weighted by Gasteiger charge is 2.13. The molecular weight excluding hydrogens is 222 g/mol. The molecule has 0 heterocycles. The van der Waals surface area contributed by atoms with Gasteiger partial charge in [0.1, 0.15) is 6.04 Å². The summed E-state index contributed by atoms with van der Waals surface area (Å²) in [6.45, 7) is 2.71. The van der Waals surface area contributed by atoms with Crippen LogP contribution in [-0.4, -0.2) is 30.6 Å². The first kappa shape index (κ1) is 15.8. The van der Waals surface area contributed by atoms with Gasteiger partial charge in [0, 0.05) is 0 Å². The highest BCUT2D eigenvalue weighted by molar-refractivity contribution is 7.98. The summed E-state index contributed by atoms with van der Waals surface area (Å²) in [5.41, 5.74) is 5.68. The van der Waals surface area contributed by atoms with Crippen molar-refractivity contribution in [1.29, 1.82) is 0 Å². The molecule has 0 saturated heterocycles. The number of nitrogens with two attached hydrogens (primary N) is 1. The maximum absolute atomic E-state index is 11.4. The quantitative estimate of drug-likeness (QED) is 0.476. The lowest BCUT2D eigenvalue weighted by Gasteiger charge is -2.10. The second-order valence-corrected chi connectivity index (χ2v) is 4.96. The lowest BCUT2D eigenvalue weighted by molar-refractivity contribution is -0.145. The predicted octanol–water partition coefficient (Wildman–Crippen LogP) is 2.58. The molecule has 0 aliphatic rings. The van der Waals surface area contributed by atoms with Gasteiger partial charge in [0.05, 0.1) is 6.61 Å². The van der Waals surface area contributed by atoms with Crippen molar-refractivity contribution >= 4 is 17.7 Å². The van der Waals surface area contributed by atoms with Crippen molar-refractivity contribution in [1.82, 2.24) is 0 Å². The Bertz CT molecular complexity index is 176. The fourth-order valence-corrected chi connectivity index (χ4v) is 1.84. The van der Waals surface area contributed by atoms with Crippen LogP contribution in [0, 0.1) is 0 Å². The maximum Gasteiger partial charge on any atom is 0.322 e. The van der Waals surface area contributed by atoms with Gasteiger partial charge >= 0.3 is 5.97 Å². The van der Waals surface area contributed by atoms with Gasteiger partial charge in [-0.1, -0.05) is 32.6 Å². The Kier molecular flexibility index (Phi) is 11.1. The van der Waals surface area contributed by atoms with Gasteiger partial charge in [0.15, 0.2) is 0 Å². The summed E-state index contributed by atoms with van der Waals surface area (Å²) in [4.78, 5) is 11.4. The predicted molar refractivity (Wildman–Crippen MR) is 70.7 cm³/mol. The Hall–Kier alpha value is -0.220. The van der Waals surface area contributed by atoms with Crippen molar-refractivity contribution in [3.63, 3.8) is 0 Å². The molecule has 0 aromatic rings. The molecule has 0 bridgehead atoms. The minimum Gasteiger partial charge on any atom is -0.465 e. The number of rotatable bonds is 10. The third-order valence-corrected chi connectivity index (χ3v) is 3.07. The number of esters is 1. The number of ether oxygens (including phenoxy) is 1. The zero-order chi connectivity index (χ0) is 12.2. The van der Waals surface area contributed by atoms with E-state index < -0.39 is 6.04 Å². The van der Waals surface area contributed by atoms with Gasteiger partial charge in [-0.25, -0.2) is 0 Å². The Morgan fingerprint density at radius 1 is 1.31 bits per heavy atom. The molecule has 0 radical (unpaired) electrons. The first-order valence-corrected chi connectivity index (χ1v) is 7.53. The van der Waals surface area contributed by atoms with E-state index in [9.17, 15) is 4.79 Å². The second kappa shape index (κ2) is 11.3. The molecule has 2 N–H and O–H groups in total. The van der Waals surface area contributed by atoms with E-state index in [1.165, 1.54) is 19.3 Å². The molecule has 4 heteroatoms. The van der Waals surface area contributed by atoms with E-state index in [4.69, 9.17) is 10.5 Å². The number of carbonyl (C=O) groups is 1. The van der Waals surface area contributed by atoms with Crippen LogP contribution in [0.5, 0.6) is 0 Å². The van der Waals surface area contributed by atoms with E-state index in [-0.39, 0.29) is 5.97 Å². The molecule has 0 aromatic heterocycles. The van der Waals surface area contributed by atoms with Gasteiger partial charge in [-0.15, -0.1) is 0 Å². The third-order valence-electron chi connectivity index (χ3n) is 2.43. The molecule has 16 heavy (non-hydrogen) atoms. The Balaban J connectivity index is 3.35. The van der Waals surface area contributed by atoms with Crippen LogP contribution in [0.25, 0.3) is 0 Å². The molecule has 0 rings (SSSR count). The van der Waals surface area contributed by atoms with Crippen LogP contribution in [-0.2, 0) is 9.53 Å². The lowest BCUT2D eigenvalue weighted by Crippen LogP contribution is -2.33. The summed E-state index contributed by atoms with van der Waals surface area (Å²) < 4.78 is 5.11. The average Bonchev–Trinajstić information content (AvgIpc) is 2.30. The highest BCUT2D eigenvalue weighted by atomic mass is 32.2. The topological polar surface area (TPSA) is 52.3 Å². The summed E-state index contributed by atoms with van der Waals surface area (Å²) in [7, 11) is 0. The second-order valence-electron chi connectivity index (χ2n) is 3.97. The number of carbonyl (C=O) groups excluding carboxylic acids is 1. The highest BCUT2D eigenvalue weighted by Crippen LogP contribution is 2.04. The van der Waals surface area contributed by atoms with Crippen LogP contribution in [0.15, 0.2) is 0 Å². The van der Waals surface area contributed by atoms with Gasteiger partial charge in [0.2, 0.25) is 0 Å². The Morgan fingerprint density at radius 3 is 2.62 bits per heavy atom. The summed E-state index contributed by atoms with van der Waals surface area (Å²) >= 11 is 1.70. The summed E-state index contributed by atoms with van der Waals surface area (Å²) in [6, 6.07) is -0.442. The van der Waals surface area contributed by atoms with E-state index in [0.29, 0.717) is 13.0 Å². The first-order chi connectivity index (χ1) is 7.72. The Labute approximate surface area is 103 Å². The summed E-state index contributed by atoms with van der Waals surface area (Å²) in [5, 5.41) is 0. The van der Waals surface area contributed by atoms with Gasteiger partial charge in [-0.3, -0.25) is 4.79 Å². The zero-order valence-electron chi connectivity index (χ0n) is 10.5. The number of hydrogen-bond acceptors (Lipinski definition) is 4. The van der Waals surface area contributed by atoms with Crippen molar-refractivity contribution < 1.29 is 9.53 Å². The molecule has 0 saturated carbocycles. The van der Waals surface area contributed by atoms with E-state index in [1.807, 2.05) is 6.26 Å². The van der Waals surface area contributed by atoms with Crippen molar-refractivity contribution in [3.8, 4) is 0 Å². The monoisotopic (exact) mass is 247 g/mol. The van der Waals surface area contributed by atoms with Crippen molar-refractivity contribution in [2.24, 2.45) is 5.73 Å². The van der Waals surface area contributed by atoms with E-state index in [1.54, 1.807) is 11.8 Å². The molecule has 0 amide bonds. The minimum absolute atomic E-state index is 0.246. The van der Waals surface area contributed by atoms with Crippen LogP contribution >= 0.6 is 11.8 Å². The van der Waals surface area contributed by atoms with Crippen molar-refractivity contribution in [3.05, 3.63) is 0 Å². The zero-order valence-corrected chi connectivity index (χ0v) is 11.4. The minimum atomic E-state index is -0.442. The largest absolute Gasteiger partial charge is 0.465 e. The third kappa shape index (κ3) is 9.04. The molecule has 0 unspecified atom stereocenters. The van der Waals surface area contributed by atoms with Crippen LogP contribution in [0.3, 0.4) is 0 Å². The van der Waals surface area contributed by atoms with Crippen LogP contribution < -0.4 is 5.73 Å². The standard InChI is InChI=1S/C12H25NO2S/c1-3-4-5-6-7-9-15-12(14)11(13)8-10-16-2/h11H,3-10,13H2,1-2H3/t11-/m0/s1. The van der Waals surface area contributed by atoms with Crippen molar-refractivity contribution in [2.75, 3.05) is 18.6 Å². The van der Waals surface area contributed by atoms with Gasteiger partial charge in [0.25, 0.3) is 0 Å². The van der Waals surface area contributed by atoms with Crippen LogP contribution in [0.4, 0.5) is 0 Å². The van der Waals surface area contributed by atoms with Gasteiger partial charge in [-0.05, 0) is 24.9 Å². The first-order valence-electron chi connectivity index (χ1n) is 6.13. The molecule has 0 spiro atoms. The molecule has 1 atom stereocenters. The van der Waals surface area contributed by atoms with E-state index in [2.05, 4.69) is 6.92 Å². The molecular formula is C12H25NO2S. The Morgan fingerprint density at radius 2 is 2.00 bits per heavy atom. The molecule has 96 valence electrons. The average molecular weight is 247 g/mol. The lowest BCUT2D eigenvalue weighted by atomic mass is 10.2. The smallest absolute Gasteiger partial charge is 0.322 e. The van der Waals surface area contributed by atoms with Gasteiger partial charge in [-0.2, -0.15) is 11.8 Å². The van der Waals surface area contributed by atoms with Crippen molar-refractivity contribution in [2.45, 2.75) is 51.5 Å². The number of hydrogen-bond donors (Lipinski definition) is 1.